The molecule has 0 spiro atoms. The lowest BCUT2D eigenvalue weighted by Gasteiger charge is -2.36. The highest BCUT2D eigenvalue weighted by Crippen LogP contribution is 2.37. The lowest BCUT2D eigenvalue weighted by atomic mass is 10.0. The highest BCUT2D eigenvalue weighted by Gasteiger charge is 2.37. The maximum Gasteiger partial charge on any atom is 0.410 e. The van der Waals surface area contributed by atoms with Crippen molar-refractivity contribution in [2.75, 3.05) is 38.1 Å². The van der Waals surface area contributed by atoms with E-state index in [0.29, 0.717) is 56.3 Å². The Kier molecular flexibility index (Phi) is 12.0. The SMILES string of the molecule is Cc1nn(CCO[Si](C)(C)C(C)(C)C)cc1-c1ccc(-c2cnc(C(=O)Nc3ccc(C(=O)N4CCN(C(=O)OC(C)(C)C)CC4)c(Cl)c3)n2C)c(F)c1F. The summed E-state index contributed by atoms with van der Waals surface area (Å²) in [5, 5.41) is 7.40. The van der Waals surface area contributed by atoms with E-state index in [4.69, 9.17) is 20.8 Å². The van der Waals surface area contributed by atoms with Crippen LogP contribution in [0.3, 0.4) is 0 Å². The number of benzene rings is 2. The fourth-order valence-corrected chi connectivity index (χ4v) is 7.17. The van der Waals surface area contributed by atoms with Gasteiger partial charge in [0.1, 0.15) is 5.60 Å². The van der Waals surface area contributed by atoms with Crippen LogP contribution in [0.2, 0.25) is 23.2 Å². The first-order chi connectivity index (χ1) is 25.6. The van der Waals surface area contributed by atoms with E-state index in [9.17, 15) is 14.4 Å². The molecule has 5 rings (SSSR count). The molecule has 3 amide bonds. The van der Waals surface area contributed by atoms with Gasteiger partial charge in [-0.25, -0.2) is 18.6 Å². The van der Waals surface area contributed by atoms with E-state index in [1.54, 1.807) is 48.4 Å². The predicted octanol–water partition coefficient (Wildman–Crippen LogP) is 8.16. The number of rotatable bonds is 9. The summed E-state index contributed by atoms with van der Waals surface area (Å²) in [6.07, 6.45) is 2.56. The van der Waals surface area contributed by atoms with Crippen molar-refractivity contribution < 1.29 is 32.3 Å². The van der Waals surface area contributed by atoms with Crippen LogP contribution in [0, 0.1) is 18.6 Å². The molecule has 1 fully saturated rings. The maximum absolute atomic E-state index is 15.7. The summed E-state index contributed by atoms with van der Waals surface area (Å²) >= 11 is 6.50. The lowest BCUT2D eigenvalue weighted by molar-refractivity contribution is 0.0141. The molecule has 1 aliphatic rings. The number of hydrogen-bond donors (Lipinski definition) is 1. The van der Waals surface area contributed by atoms with Crippen molar-refractivity contribution in [3.8, 4) is 22.4 Å². The third-order valence-corrected chi connectivity index (χ3v) is 14.9. The fraction of sp³-hybridized carbons (Fsp3) is 0.462. The Morgan fingerprint density at radius 3 is 2.16 bits per heavy atom. The molecule has 0 unspecified atom stereocenters. The minimum Gasteiger partial charge on any atom is -0.444 e. The first kappa shape index (κ1) is 41.6. The summed E-state index contributed by atoms with van der Waals surface area (Å²) in [6, 6.07) is 7.45. The van der Waals surface area contributed by atoms with Gasteiger partial charge in [0.25, 0.3) is 11.8 Å². The Bertz CT molecular complexity index is 2100. The van der Waals surface area contributed by atoms with Gasteiger partial charge in [-0.05, 0) is 70.1 Å². The van der Waals surface area contributed by atoms with Crippen LogP contribution in [-0.2, 0) is 22.8 Å². The highest BCUT2D eigenvalue weighted by atomic mass is 35.5. The van der Waals surface area contributed by atoms with Crippen molar-refractivity contribution in [3.63, 3.8) is 0 Å². The molecule has 296 valence electrons. The van der Waals surface area contributed by atoms with Crippen molar-refractivity contribution in [1.29, 1.82) is 0 Å². The maximum atomic E-state index is 15.7. The molecule has 2 aromatic heterocycles. The minimum absolute atomic E-state index is 0.0601. The molecule has 0 aliphatic carbocycles. The van der Waals surface area contributed by atoms with Crippen molar-refractivity contribution in [3.05, 3.63) is 76.5 Å². The van der Waals surface area contributed by atoms with Gasteiger partial charge >= 0.3 is 6.09 Å². The van der Waals surface area contributed by atoms with Crippen LogP contribution in [-0.4, -0.2) is 93.7 Å². The Morgan fingerprint density at radius 2 is 1.55 bits per heavy atom. The zero-order chi connectivity index (χ0) is 40.6. The normalized spacial score (nSPS) is 14.0. The number of aryl methyl sites for hydroxylation is 1. The monoisotopic (exact) mass is 797 g/mol. The third kappa shape index (κ3) is 9.27. The molecule has 4 aromatic rings. The van der Waals surface area contributed by atoms with Gasteiger partial charge in [-0.2, -0.15) is 5.10 Å². The van der Waals surface area contributed by atoms with E-state index >= 15 is 8.78 Å². The third-order valence-electron chi connectivity index (χ3n) is 10.1. The van der Waals surface area contributed by atoms with Crippen molar-refractivity contribution >= 4 is 43.5 Å². The standard InChI is InChI=1S/C39H50ClF2N7O5Si/c1-24-29(23-49(45-24)19-20-53-55(9,10)39(5,6)7)26-13-14-28(33(42)32(26)41)31-22-43-34(46(31)8)35(50)44-25-11-12-27(30(40)21-25)36(51)47-15-17-48(18-16-47)37(52)54-38(2,3)4/h11-14,21-23H,15-20H2,1-10H3,(H,44,50). The average molecular weight is 798 g/mol. The predicted molar refractivity (Wildman–Crippen MR) is 211 cm³/mol. The number of amides is 3. The van der Waals surface area contributed by atoms with Gasteiger partial charge in [-0.15, -0.1) is 0 Å². The molecular weight excluding hydrogens is 748 g/mol. The zero-order valence-corrected chi connectivity index (χ0v) is 34.9. The zero-order valence-electron chi connectivity index (χ0n) is 33.1. The minimum atomic E-state index is -1.95. The van der Waals surface area contributed by atoms with E-state index in [0.717, 1.165) is 0 Å². The van der Waals surface area contributed by atoms with E-state index in [2.05, 4.69) is 49.3 Å². The summed E-state index contributed by atoms with van der Waals surface area (Å²) in [5.41, 5.74) is 1.12. The van der Waals surface area contributed by atoms with Gasteiger partial charge in [0.15, 0.2) is 25.8 Å². The molecule has 0 radical (unpaired) electrons. The van der Waals surface area contributed by atoms with Gasteiger partial charge < -0.3 is 28.8 Å². The Hall–Kier alpha value is -4.60. The number of nitrogens with one attached hydrogen (secondary N) is 1. The summed E-state index contributed by atoms with van der Waals surface area (Å²) in [5.74, 6) is -3.12. The molecular formula is C39H50ClF2N7O5Si. The summed E-state index contributed by atoms with van der Waals surface area (Å²) in [6.45, 7) is 20.2. The first-order valence-corrected chi connectivity index (χ1v) is 21.4. The Morgan fingerprint density at radius 1 is 0.927 bits per heavy atom. The van der Waals surface area contributed by atoms with Gasteiger partial charge in [0, 0.05) is 61.8 Å². The fourth-order valence-electron chi connectivity index (χ4n) is 5.88. The summed E-state index contributed by atoms with van der Waals surface area (Å²) in [4.78, 5) is 46.3. The quantitative estimate of drug-likeness (QED) is 0.170. The van der Waals surface area contributed by atoms with Crippen LogP contribution in [0.15, 0.2) is 42.7 Å². The molecule has 1 N–H and O–H groups in total. The molecule has 12 nitrogen and oxygen atoms in total. The number of ether oxygens (including phenoxy) is 1. The second-order valence-corrected chi connectivity index (χ2v) is 21.4. The largest absolute Gasteiger partial charge is 0.444 e. The topological polar surface area (TPSA) is 124 Å². The molecule has 3 heterocycles. The van der Waals surface area contributed by atoms with E-state index in [1.807, 2.05) is 0 Å². The van der Waals surface area contributed by atoms with Gasteiger partial charge in [-0.1, -0.05) is 38.4 Å². The number of nitrogens with zero attached hydrogens (tertiary/aromatic N) is 6. The molecule has 0 saturated carbocycles. The van der Waals surface area contributed by atoms with Crippen LogP contribution in [0.25, 0.3) is 22.4 Å². The number of piperazine rings is 1. The van der Waals surface area contributed by atoms with Crippen molar-refractivity contribution in [1.82, 2.24) is 29.1 Å². The van der Waals surface area contributed by atoms with Gasteiger partial charge in [-0.3, -0.25) is 14.3 Å². The van der Waals surface area contributed by atoms with E-state index in [1.165, 1.54) is 48.1 Å². The number of carbonyl (C=O) groups excluding carboxylic acids is 3. The lowest BCUT2D eigenvalue weighted by Crippen LogP contribution is -2.51. The summed E-state index contributed by atoms with van der Waals surface area (Å²) in [7, 11) is -0.422. The van der Waals surface area contributed by atoms with Crippen LogP contribution in [0.5, 0.6) is 0 Å². The van der Waals surface area contributed by atoms with Gasteiger partial charge in [0.2, 0.25) is 0 Å². The molecule has 1 aliphatic heterocycles. The molecule has 55 heavy (non-hydrogen) atoms. The van der Waals surface area contributed by atoms with Crippen molar-refractivity contribution in [2.45, 2.75) is 78.7 Å². The number of carbonyl (C=O) groups is 3. The average Bonchev–Trinajstić information content (AvgIpc) is 3.65. The number of imidazole rings is 1. The van der Waals surface area contributed by atoms with E-state index < -0.39 is 37.6 Å². The van der Waals surface area contributed by atoms with Crippen LogP contribution >= 0.6 is 11.6 Å². The van der Waals surface area contributed by atoms with Crippen LogP contribution in [0.1, 0.15) is 68.2 Å². The molecule has 1 saturated heterocycles. The molecule has 2 aromatic carbocycles. The Labute approximate surface area is 326 Å². The van der Waals surface area contributed by atoms with Crippen LogP contribution < -0.4 is 5.32 Å². The molecule has 16 heteroatoms. The molecule has 0 atom stereocenters. The molecule has 0 bridgehead atoms. The number of hydrogen-bond acceptors (Lipinski definition) is 7. The smallest absolute Gasteiger partial charge is 0.410 e. The Balaban J connectivity index is 1.24. The van der Waals surface area contributed by atoms with Crippen LogP contribution in [0.4, 0.5) is 19.3 Å². The number of aromatic nitrogens is 4. The van der Waals surface area contributed by atoms with E-state index in [-0.39, 0.29) is 44.2 Å². The number of anilines is 1. The first-order valence-electron chi connectivity index (χ1n) is 18.1. The highest BCUT2D eigenvalue weighted by molar-refractivity contribution is 6.74. The number of halogens is 3. The second kappa shape index (κ2) is 15.9. The summed E-state index contributed by atoms with van der Waals surface area (Å²) < 4.78 is 46.2. The van der Waals surface area contributed by atoms with Gasteiger partial charge in [0.05, 0.1) is 41.3 Å². The van der Waals surface area contributed by atoms with Crippen molar-refractivity contribution in [2.24, 2.45) is 7.05 Å². The second-order valence-electron chi connectivity index (χ2n) is 16.2.